The van der Waals surface area contributed by atoms with Crippen LogP contribution in [0.1, 0.15) is 5.69 Å². The van der Waals surface area contributed by atoms with E-state index in [4.69, 9.17) is 5.11 Å². The van der Waals surface area contributed by atoms with Gasteiger partial charge in [-0.1, -0.05) is 0 Å². The average molecular weight is 272 g/mol. The van der Waals surface area contributed by atoms with Crippen LogP contribution in [0.4, 0.5) is 13.2 Å². The fraction of sp³-hybridized carbons (Fsp3) is 0.182. The number of alkyl halides is 3. The van der Waals surface area contributed by atoms with Crippen molar-refractivity contribution in [1.82, 2.24) is 9.55 Å². The van der Waals surface area contributed by atoms with Crippen molar-refractivity contribution >= 4 is 16.9 Å². The van der Waals surface area contributed by atoms with Crippen LogP contribution >= 0.6 is 0 Å². The van der Waals surface area contributed by atoms with Gasteiger partial charge in [-0.05, 0) is 18.2 Å². The number of rotatable bonds is 2. The first-order valence-corrected chi connectivity index (χ1v) is 5.08. The molecule has 2 aromatic rings. The van der Waals surface area contributed by atoms with E-state index < -0.39 is 29.9 Å². The van der Waals surface area contributed by atoms with Gasteiger partial charge in [-0.25, -0.2) is 4.98 Å². The first kappa shape index (κ1) is 13.1. The van der Waals surface area contributed by atoms with Gasteiger partial charge in [-0.3, -0.25) is 9.59 Å². The third-order valence-corrected chi connectivity index (χ3v) is 2.42. The highest BCUT2D eigenvalue weighted by Gasteiger charge is 2.32. The molecule has 0 aromatic carbocycles. The Morgan fingerprint density at radius 3 is 2.58 bits per heavy atom. The first-order chi connectivity index (χ1) is 8.79. The molecule has 2 heterocycles. The number of hydrogen-bond donors (Lipinski definition) is 1. The number of aromatic nitrogens is 2. The molecular formula is C11H7F3N2O3. The average Bonchev–Trinajstić information content (AvgIpc) is 2.31. The molecule has 19 heavy (non-hydrogen) atoms. The predicted molar refractivity (Wildman–Crippen MR) is 58.6 cm³/mol. The van der Waals surface area contributed by atoms with E-state index in [1.807, 2.05) is 0 Å². The summed E-state index contributed by atoms with van der Waals surface area (Å²) < 4.78 is 38.2. The fourth-order valence-corrected chi connectivity index (χ4v) is 1.59. The van der Waals surface area contributed by atoms with Crippen molar-refractivity contribution in [3.63, 3.8) is 0 Å². The quantitative estimate of drug-likeness (QED) is 0.899. The van der Waals surface area contributed by atoms with Crippen LogP contribution < -0.4 is 5.56 Å². The minimum Gasteiger partial charge on any atom is -0.480 e. The Balaban J connectivity index is 2.60. The number of halogens is 3. The largest absolute Gasteiger partial charge is 0.480 e. The summed E-state index contributed by atoms with van der Waals surface area (Å²) in [4.78, 5) is 25.7. The molecule has 8 heteroatoms. The maximum absolute atomic E-state index is 12.4. The first-order valence-electron chi connectivity index (χ1n) is 5.08. The lowest BCUT2D eigenvalue weighted by Crippen LogP contribution is -2.24. The van der Waals surface area contributed by atoms with Gasteiger partial charge in [-0.2, -0.15) is 13.2 Å². The second-order valence-corrected chi connectivity index (χ2v) is 3.77. The lowest BCUT2D eigenvalue weighted by atomic mass is 10.2. The third kappa shape index (κ3) is 2.56. The van der Waals surface area contributed by atoms with Crippen molar-refractivity contribution in [2.45, 2.75) is 12.7 Å². The summed E-state index contributed by atoms with van der Waals surface area (Å²) >= 11 is 0. The minimum atomic E-state index is -4.59. The fourth-order valence-electron chi connectivity index (χ4n) is 1.59. The van der Waals surface area contributed by atoms with Gasteiger partial charge in [0.2, 0.25) is 0 Å². The monoisotopic (exact) mass is 272 g/mol. The van der Waals surface area contributed by atoms with E-state index in [0.717, 1.165) is 16.8 Å². The molecule has 0 bridgehead atoms. The smallest absolute Gasteiger partial charge is 0.433 e. The summed E-state index contributed by atoms with van der Waals surface area (Å²) in [6.45, 7) is -0.560. The van der Waals surface area contributed by atoms with Crippen LogP contribution in [0, 0.1) is 0 Å². The van der Waals surface area contributed by atoms with E-state index in [9.17, 15) is 22.8 Å². The Hall–Kier alpha value is -2.38. The zero-order chi connectivity index (χ0) is 14.2. The molecule has 2 aromatic heterocycles. The number of aliphatic carboxylic acids is 1. The van der Waals surface area contributed by atoms with Gasteiger partial charge in [0.05, 0.1) is 10.9 Å². The Labute approximate surface area is 103 Å². The Kier molecular flexibility index (Phi) is 3.01. The van der Waals surface area contributed by atoms with Crippen molar-refractivity contribution in [3.05, 3.63) is 40.4 Å². The molecule has 0 saturated heterocycles. The molecule has 0 amide bonds. The standard InChI is InChI=1S/C11H7F3N2O3/c12-11(13,14)8-2-1-6-7(15-8)3-4-16(10(6)19)5-9(17)18/h1-4H,5H2,(H,17,18). The molecule has 0 radical (unpaired) electrons. The van der Waals surface area contributed by atoms with Crippen LogP contribution in [0.2, 0.25) is 0 Å². The van der Waals surface area contributed by atoms with E-state index in [2.05, 4.69) is 4.98 Å². The molecule has 1 N–H and O–H groups in total. The van der Waals surface area contributed by atoms with Crippen molar-refractivity contribution in [2.24, 2.45) is 0 Å². The Morgan fingerprint density at radius 1 is 1.32 bits per heavy atom. The van der Waals surface area contributed by atoms with Gasteiger partial charge in [0.15, 0.2) is 0 Å². The molecule has 0 aliphatic rings. The Bertz CT molecular complexity index is 706. The van der Waals surface area contributed by atoms with E-state index >= 15 is 0 Å². The maximum Gasteiger partial charge on any atom is 0.433 e. The zero-order valence-electron chi connectivity index (χ0n) is 9.31. The summed E-state index contributed by atoms with van der Waals surface area (Å²) in [5, 5.41) is 8.53. The van der Waals surface area contributed by atoms with Crippen LogP contribution in [0.15, 0.2) is 29.2 Å². The summed E-state index contributed by atoms with van der Waals surface area (Å²) in [5.74, 6) is -1.22. The van der Waals surface area contributed by atoms with E-state index in [1.54, 1.807) is 0 Å². The van der Waals surface area contributed by atoms with Crippen LogP contribution in [-0.2, 0) is 17.5 Å². The maximum atomic E-state index is 12.4. The van der Waals surface area contributed by atoms with Gasteiger partial charge < -0.3 is 9.67 Å². The number of carbonyl (C=O) groups is 1. The molecule has 0 aliphatic carbocycles. The topological polar surface area (TPSA) is 72.2 Å². The van der Waals surface area contributed by atoms with Crippen molar-refractivity contribution in [2.75, 3.05) is 0 Å². The third-order valence-electron chi connectivity index (χ3n) is 2.42. The molecule has 0 fully saturated rings. The van der Waals surface area contributed by atoms with Crippen molar-refractivity contribution in [3.8, 4) is 0 Å². The van der Waals surface area contributed by atoms with Gasteiger partial charge in [0.25, 0.3) is 5.56 Å². The number of pyridine rings is 2. The molecular weight excluding hydrogens is 265 g/mol. The van der Waals surface area contributed by atoms with Crippen LogP contribution in [0.5, 0.6) is 0 Å². The number of carboxylic acids is 1. The molecule has 100 valence electrons. The predicted octanol–water partition coefficient (Wildman–Crippen LogP) is 1.50. The summed E-state index contributed by atoms with van der Waals surface area (Å²) in [5.41, 5.74) is -1.92. The lowest BCUT2D eigenvalue weighted by Gasteiger charge is -2.08. The lowest BCUT2D eigenvalue weighted by molar-refractivity contribution is -0.141. The molecule has 0 unspecified atom stereocenters. The van der Waals surface area contributed by atoms with Gasteiger partial charge in [-0.15, -0.1) is 0 Å². The SMILES string of the molecule is O=C(O)Cn1ccc2nc(C(F)(F)F)ccc2c1=O. The van der Waals surface area contributed by atoms with E-state index in [-0.39, 0.29) is 10.9 Å². The second kappa shape index (κ2) is 4.38. The molecule has 0 spiro atoms. The normalized spacial score (nSPS) is 11.7. The highest BCUT2D eigenvalue weighted by molar-refractivity contribution is 5.78. The van der Waals surface area contributed by atoms with Gasteiger partial charge in [0.1, 0.15) is 12.2 Å². The van der Waals surface area contributed by atoms with E-state index in [1.165, 1.54) is 6.07 Å². The van der Waals surface area contributed by atoms with Crippen LogP contribution in [0.25, 0.3) is 10.9 Å². The number of fused-ring (bicyclic) bond motifs is 1. The second-order valence-electron chi connectivity index (χ2n) is 3.77. The summed E-state index contributed by atoms with van der Waals surface area (Å²) in [6, 6.07) is 2.86. The van der Waals surface area contributed by atoms with Gasteiger partial charge >= 0.3 is 12.1 Å². The van der Waals surface area contributed by atoms with Crippen LogP contribution in [-0.4, -0.2) is 20.6 Å². The summed E-state index contributed by atoms with van der Waals surface area (Å²) in [6.07, 6.45) is -3.49. The van der Waals surface area contributed by atoms with Crippen molar-refractivity contribution in [1.29, 1.82) is 0 Å². The molecule has 0 aliphatic heterocycles. The molecule has 2 rings (SSSR count). The number of hydrogen-bond acceptors (Lipinski definition) is 3. The molecule has 0 saturated carbocycles. The van der Waals surface area contributed by atoms with Crippen LogP contribution in [0.3, 0.4) is 0 Å². The molecule has 5 nitrogen and oxygen atoms in total. The number of carboxylic acid groups (broad SMARTS) is 1. The van der Waals surface area contributed by atoms with Gasteiger partial charge in [0, 0.05) is 6.20 Å². The minimum absolute atomic E-state index is 0.0586. The highest BCUT2D eigenvalue weighted by Crippen LogP contribution is 2.28. The van der Waals surface area contributed by atoms with Crippen molar-refractivity contribution < 1.29 is 23.1 Å². The van der Waals surface area contributed by atoms with E-state index in [0.29, 0.717) is 6.07 Å². The summed E-state index contributed by atoms with van der Waals surface area (Å²) in [7, 11) is 0. The Morgan fingerprint density at radius 2 is 2.00 bits per heavy atom. The highest BCUT2D eigenvalue weighted by atomic mass is 19.4. The molecule has 0 atom stereocenters. The number of nitrogens with zero attached hydrogens (tertiary/aromatic N) is 2. The zero-order valence-corrected chi connectivity index (χ0v) is 9.31.